The van der Waals surface area contributed by atoms with Crippen LogP contribution >= 0.6 is 21.6 Å². The number of guanidine groups is 2. The molecule has 0 aliphatic carbocycles. The molecule has 12 atom stereocenters. The Balaban J connectivity index is 1.14. The van der Waals surface area contributed by atoms with Crippen molar-refractivity contribution < 1.29 is 77.3 Å². The first-order valence-corrected chi connectivity index (χ1v) is 42.1. The number of H-pyrrole nitrogens is 4. The number of aldehydes is 1. The molecule has 42 heteroatoms. The van der Waals surface area contributed by atoms with Crippen LogP contribution in [0.15, 0.2) is 147 Å². The number of rotatable bonds is 28. The van der Waals surface area contributed by atoms with Gasteiger partial charge in [-0.1, -0.05) is 119 Å². The van der Waals surface area contributed by atoms with Crippen molar-refractivity contribution in [2.75, 3.05) is 25.4 Å². The second kappa shape index (κ2) is 45.1. The second-order valence-electron chi connectivity index (χ2n) is 29.7. The van der Waals surface area contributed by atoms with Crippen molar-refractivity contribution in [1.29, 1.82) is 10.8 Å². The Morgan fingerprint density at radius 2 is 0.862 bits per heavy atom. The van der Waals surface area contributed by atoms with Crippen LogP contribution in [0, 0.1) is 10.8 Å². The number of fused-ring (bicyclic) bond motifs is 6. The lowest BCUT2D eigenvalue weighted by atomic mass is 9.93. The zero-order chi connectivity index (χ0) is 88.0. The zero-order valence-electron chi connectivity index (χ0n) is 66.7. The molecule has 2 aliphatic rings. The van der Waals surface area contributed by atoms with Gasteiger partial charge in [-0.3, -0.25) is 73.1 Å². The molecular formula is C81H100N24O16S2. The quantitative estimate of drug-likeness (QED) is 0.00893. The van der Waals surface area contributed by atoms with Crippen LogP contribution in [0.1, 0.15) is 91.4 Å². The largest absolute Gasteiger partial charge is 0.481 e. The van der Waals surface area contributed by atoms with Gasteiger partial charge in [-0.15, -0.1) is 0 Å². The highest BCUT2D eigenvalue weighted by molar-refractivity contribution is 8.77. The van der Waals surface area contributed by atoms with E-state index in [0.717, 1.165) is 0 Å². The molecule has 11 amide bonds. The van der Waals surface area contributed by atoms with Gasteiger partial charge >= 0.3 is 11.9 Å². The molecule has 2 fully saturated rings. The molecule has 2 saturated heterocycles. The van der Waals surface area contributed by atoms with Crippen molar-refractivity contribution >= 4 is 139 Å². The number of nitrogens with two attached hydrogens (primary N) is 2. The second-order valence-corrected chi connectivity index (χ2v) is 32.2. The van der Waals surface area contributed by atoms with Gasteiger partial charge in [-0.2, -0.15) is 0 Å². The van der Waals surface area contributed by atoms with Crippen molar-refractivity contribution in [3.8, 4) is 0 Å². The van der Waals surface area contributed by atoms with Gasteiger partial charge in [-0.05, 0) is 85.8 Å². The summed E-state index contributed by atoms with van der Waals surface area (Å²) < 4.78 is 0. The van der Waals surface area contributed by atoms with Crippen LogP contribution in [0.3, 0.4) is 0 Å². The van der Waals surface area contributed by atoms with Crippen LogP contribution < -0.4 is 85.9 Å². The van der Waals surface area contributed by atoms with Crippen LogP contribution in [0.4, 0.5) is 0 Å². The lowest BCUT2D eigenvalue weighted by Crippen LogP contribution is -2.65. The number of amides is 11. The molecule has 123 heavy (non-hydrogen) atoms. The Morgan fingerprint density at radius 3 is 1.34 bits per heavy atom. The van der Waals surface area contributed by atoms with Gasteiger partial charge in [0.25, 0.3) is 5.91 Å². The van der Waals surface area contributed by atoms with Gasteiger partial charge in [0.1, 0.15) is 66.2 Å². The normalized spacial score (nSPS) is 23.0. The number of carbonyl (C=O) groups excluding carboxylic acids is 12. The number of hydrogen-bond acceptors (Lipinski definition) is 21. The Hall–Kier alpha value is -13.6. The van der Waals surface area contributed by atoms with E-state index in [2.05, 4.69) is 104 Å². The topological polar surface area (TPSA) is 637 Å². The number of carboxylic acid groups (broad SMARTS) is 2. The maximum Gasteiger partial charge on any atom is 0.303 e. The van der Waals surface area contributed by atoms with E-state index in [1.165, 1.54) is 25.0 Å². The molecule has 4 aromatic heterocycles. The Morgan fingerprint density at radius 1 is 0.455 bits per heavy atom. The number of para-hydroxylation sites is 2. The minimum absolute atomic E-state index is 0.000126. The van der Waals surface area contributed by atoms with Gasteiger partial charge in [0.05, 0.1) is 30.1 Å². The molecule has 0 radical (unpaired) electrons. The fourth-order valence-corrected chi connectivity index (χ4v) is 16.4. The standard InChI is InChI=1S/C81H100N24O16S2/c82-79(83)88-28-12-23-56-67(111)100-61(32-47-36-90-53-20-9-7-18-51(47)53)73(117)96-55(22-11-25-65(107)108)70(114)104-78-77(121)102-63(34-49-38-86-43-93-49)75(119)99-60(31-46-16-5-2-6-17-46)72(116)97-57(24-13-29-89-80(84)85)68(112)101-62(33-48-37-91-54-21-10-8-19-52(48)54)74(118)98-58(26-27-66(109)110)69(113)103-64(40-122-123-78)76(120)105-81(42-106,35-50-39-87-44-94-50)41-92-59(71(115)95-56)30-45-14-3-1-4-15-45/h1-10,14-21,36-39,42-44,55-64,78,90-92H,11-13,22-35,40-41H2,(H,86,93)(H,87,94)(H,95,115)(H,96,117)(H,97,116)(H,98,118)(H,99,119)(H,100,111)(H,101,112)(H,102,121)(H,103,113)(H,104,114)(H,105,120)(H,107,108)(H,109,110)(H4,82,83,88)(H4,84,85,89)/t55-,56-,57-,58-,59+,60+,61-,62-,63-,64-,78-,81-/m0/s1. The Labute approximate surface area is 712 Å². The molecule has 0 spiro atoms. The van der Waals surface area contributed by atoms with E-state index in [0.29, 0.717) is 71.9 Å². The lowest BCUT2D eigenvalue weighted by molar-refractivity contribution is -0.139. The molecule has 10 rings (SSSR count). The fourth-order valence-electron chi connectivity index (χ4n) is 14.1. The molecule has 8 aromatic rings. The summed E-state index contributed by atoms with van der Waals surface area (Å²) >= 11 is 0. The smallest absolute Gasteiger partial charge is 0.303 e. The van der Waals surface area contributed by atoms with E-state index in [-0.39, 0.29) is 82.3 Å². The van der Waals surface area contributed by atoms with Crippen LogP contribution in [0.5, 0.6) is 0 Å². The molecule has 2 aliphatic heterocycles. The summed E-state index contributed by atoms with van der Waals surface area (Å²) in [7, 11) is 1.12. The first-order valence-electron chi connectivity index (χ1n) is 39.7. The van der Waals surface area contributed by atoms with Crippen molar-refractivity contribution in [2.24, 2.45) is 11.5 Å². The molecule has 6 heterocycles. The van der Waals surface area contributed by atoms with E-state index < -0.39 is 211 Å². The van der Waals surface area contributed by atoms with Gasteiger partial charge in [0.2, 0.25) is 59.1 Å². The summed E-state index contributed by atoms with van der Waals surface area (Å²) in [6.45, 7) is -0.662. The van der Waals surface area contributed by atoms with Gasteiger partial charge in [0.15, 0.2) is 17.3 Å². The first-order chi connectivity index (χ1) is 59.2. The molecule has 40 nitrogen and oxygen atoms in total. The number of aliphatic carboxylic acids is 2. The van der Waals surface area contributed by atoms with E-state index in [1.807, 2.05) is 0 Å². The molecule has 26 N–H and O–H groups in total. The summed E-state index contributed by atoms with van der Waals surface area (Å²) in [5.74, 6) is -16.0. The summed E-state index contributed by atoms with van der Waals surface area (Å²) in [6.07, 6.45) is 3.74. The van der Waals surface area contributed by atoms with E-state index >= 15 is 52.7 Å². The SMILES string of the molecule is N=C(N)NCCC[C@@H]1NC(=O)[C@@H](Cc2ccccc2)NC[C@](C=O)(Cc2c[nH]cn2)NC(=O)[C@@H]2CSS[C@H](NC(=O)[C@H](CCCC(=O)O)NC(=O)[C@H](Cc3c[nH]c4ccccc34)NC1=O)C(=O)N[C@@H](Cc1c[nH]cn1)C(=O)N[C@H](Cc1ccccc1)C(=O)N[C@@H](CCCNC(=N)N)C(=O)N[C@@H](Cc1c[nH]c3ccccc13)C(=O)N[C@@H](CCC(=O)O)C(=O)N2. The summed E-state index contributed by atoms with van der Waals surface area (Å²) in [6, 6.07) is 13.9. The van der Waals surface area contributed by atoms with E-state index in [1.54, 1.807) is 122 Å². The molecule has 2 bridgehead atoms. The minimum Gasteiger partial charge on any atom is -0.481 e. The number of carbonyl (C=O) groups is 14. The van der Waals surface area contributed by atoms with Crippen LogP contribution in [-0.2, 0) is 106 Å². The van der Waals surface area contributed by atoms with Crippen molar-refractivity contribution in [3.63, 3.8) is 0 Å². The summed E-state index contributed by atoms with van der Waals surface area (Å²) in [4.78, 5) is 231. The number of hydrogen-bond donors (Lipinski definition) is 24. The average molecular weight is 1730 g/mol. The van der Waals surface area contributed by atoms with Crippen molar-refractivity contribution in [3.05, 3.63) is 180 Å². The number of nitrogens with one attached hydrogen (secondary N) is 20. The monoisotopic (exact) mass is 1730 g/mol. The highest BCUT2D eigenvalue weighted by atomic mass is 33.1. The fraction of sp³-hybridized carbons (Fsp3) is 0.383. The van der Waals surface area contributed by atoms with Gasteiger partial charge in [0, 0.05) is 117 Å². The van der Waals surface area contributed by atoms with Crippen molar-refractivity contribution in [2.45, 2.75) is 168 Å². The number of aromatic amines is 4. The average Bonchev–Trinajstić information content (AvgIpc) is 1.73. The molecule has 4 aromatic carbocycles. The van der Waals surface area contributed by atoms with Gasteiger partial charge < -0.3 is 121 Å². The van der Waals surface area contributed by atoms with E-state index in [9.17, 15) is 24.6 Å². The molecule has 652 valence electrons. The molecule has 0 saturated carbocycles. The maximum atomic E-state index is 15.9. The third-order valence-electron chi connectivity index (χ3n) is 20.5. The number of imidazole rings is 2. The van der Waals surface area contributed by atoms with Crippen LogP contribution in [-0.4, -0.2) is 232 Å². The predicted molar refractivity (Wildman–Crippen MR) is 454 cm³/mol. The van der Waals surface area contributed by atoms with E-state index in [4.69, 9.17) is 22.3 Å². The number of nitrogens with zero attached hydrogens (tertiary/aromatic N) is 2. The zero-order valence-corrected chi connectivity index (χ0v) is 68.3. The maximum absolute atomic E-state index is 15.9. The Kier molecular flexibility index (Phi) is 33.6. The summed E-state index contributed by atoms with van der Waals surface area (Å²) in [5, 5.41) is 73.5. The molecule has 0 unspecified atom stereocenters. The Bertz CT molecular complexity index is 5040. The minimum atomic E-state index is -2.21. The van der Waals surface area contributed by atoms with Crippen LogP contribution in [0.25, 0.3) is 21.8 Å². The van der Waals surface area contributed by atoms with Crippen molar-refractivity contribution in [1.82, 2.24) is 104 Å². The third-order valence-corrected chi connectivity index (χ3v) is 23.0. The highest BCUT2D eigenvalue weighted by Crippen LogP contribution is 2.29. The van der Waals surface area contributed by atoms with Crippen LogP contribution in [0.2, 0.25) is 0 Å². The predicted octanol–water partition coefficient (Wildman–Crippen LogP) is -1.28. The molecular weight excluding hydrogens is 1630 g/mol. The lowest BCUT2D eigenvalue weighted by Gasteiger charge is -2.33. The summed E-state index contributed by atoms with van der Waals surface area (Å²) in [5.41, 5.74) is 12.6. The van der Waals surface area contributed by atoms with Gasteiger partial charge in [-0.25, -0.2) is 9.97 Å². The number of aromatic nitrogens is 6. The highest BCUT2D eigenvalue weighted by Gasteiger charge is 2.42. The number of benzene rings is 4. The first kappa shape index (κ1) is 91.7. The third kappa shape index (κ3) is 27.7. The number of carboxylic acids is 2.